The number of hydrogen-bond donors (Lipinski definition) is 0. The highest BCUT2D eigenvalue weighted by Crippen LogP contribution is 2.31. The largest absolute Gasteiger partial charge is 0.549 e. The van der Waals surface area contributed by atoms with Gasteiger partial charge in [0.05, 0.1) is 41.9 Å². The van der Waals surface area contributed by atoms with E-state index in [4.69, 9.17) is 0 Å². The molecule has 3 fully saturated rings. The van der Waals surface area contributed by atoms with Crippen LogP contribution in [0.15, 0.2) is 0 Å². The van der Waals surface area contributed by atoms with Crippen LogP contribution >= 0.6 is 0 Å². The molecular formula is C35H54N3O10-5. The molecular weight excluding hydrogens is 622 g/mol. The molecule has 13 heteroatoms. The van der Waals surface area contributed by atoms with Crippen molar-refractivity contribution in [1.82, 2.24) is 14.7 Å². The van der Waals surface area contributed by atoms with Crippen molar-refractivity contribution < 1.29 is 49.5 Å². The number of carboxylic acid groups (broad SMARTS) is 5. The number of hydrogen-bond acceptors (Lipinski definition) is 13. The molecule has 0 N–H and O–H groups in total. The van der Waals surface area contributed by atoms with E-state index in [2.05, 4.69) is 0 Å². The van der Waals surface area contributed by atoms with Crippen molar-refractivity contribution in [3.63, 3.8) is 0 Å². The summed E-state index contributed by atoms with van der Waals surface area (Å²) >= 11 is 0. The van der Waals surface area contributed by atoms with Gasteiger partial charge in [0.15, 0.2) is 0 Å². The van der Waals surface area contributed by atoms with Crippen molar-refractivity contribution in [2.75, 3.05) is 39.3 Å². The van der Waals surface area contributed by atoms with E-state index < -0.39 is 61.1 Å². The highest BCUT2D eigenvalue weighted by molar-refractivity contribution is 5.74. The van der Waals surface area contributed by atoms with Crippen LogP contribution in [0.25, 0.3) is 0 Å². The maximum Gasteiger partial charge on any atom is 0.0586 e. The van der Waals surface area contributed by atoms with Crippen molar-refractivity contribution in [2.24, 2.45) is 17.8 Å². The molecule has 0 radical (unpaired) electrons. The molecule has 0 bridgehead atoms. The lowest BCUT2D eigenvalue weighted by molar-refractivity contribution is -0.317. The quantitative estimate of drug-likeness (QED) is 0.118. The van der Waals surface area contributed by atoms with Crippen LogP contribution in [0.1, 0.15) is 116 Å². The zero-order valence-corrected chi connectivity index (χ0v) is 28.4. The van der Waals surface area contributed by atoms with Gasteiger partial charge in [0.1, 0.15) is 0 Å². The van der Waals surface area contributed by atoms with E-state index in [-0.39, 0.29) is 63.2 Å². The van der Waals surface area contributed by atoms with Crippen LogP contribution in [0.4, 0.5) is 0 Å². The summed E-state index contributed by atoms with van der Waals surface area (Å²) in [6.45, 7) is -1.82. The minimum absolute atomic E-state index is 0.0785. The smallest absolute Gasteiger partial charge is 0.0586 e. The van der Waals surface area contributed by atoms with Gasteiger partial charge in [-0.15, -0.1) is 0 Å². The fourth-order valence-electron chi connectivity index (χ4n) is 8.36. The fourth-order valence-corrected chi connectivity index (χ4v) is 8.36. The lowest BCUT2D eigenvalue weighted by Crippen LogP contribution is -2.58. The summed E-state index contributed by atoms with van der Waals surface area (Å²) in [6, 6.07) is -3.58. The summed E-state index contributed by atoms with van der Waals surface area (Å²) < 4.78 is 0. The van der Waals surface area contributed by atoms with E-state index in [1.807, 2.05) is 0 Å². The van der Waals surface area contributed by atoms with Gasteiger partial charge in [0.2, 0.25) is 0 Å². The monoisotopic (exact) mass is 676 g/mol. The second-order valence-corrected chi connectivity index (χ2v) is 14.4. The van der Waals surface area contributed by atoms with Crippen LogP contribution in [-0.2, 0) is 24.0 Å². The zero-order valence-electron chi connectivity index (χ0n) is 28.4. The Kier molecular flexibility index (Phi) is 17.1. The van der Waals surface area contributed by atoms with Crippen LogP contribution in [-0.4, -0.2) is 102 Å². The first-order valence-corrected chi connectivity index (χ1v) is 18.2. The van der Waals surface area contributed by atoms with E-state index >= 15 is 0 Å². The number of carboxylic acids is 5. The highest BCUT2D eigenvalue weighted by atomic mass is 16.4. The predicted molar refractivity (Wildman–Crippen MR) is 165 cm³/mol. The lowest BCUT2D eigenvalue weighted by Gasteiger charge is -2.41. The van der Waals surface area contributed by atoms with Crippen LogP contribution in [0.2, 0.25) is 0 Å². The van der Waals surface area contributed by atoms with E-state index in [9.17, 15) is 49.5 Å². The molecule has 48 heavy (non-hydrogen) atoms. The topological polar surface area (TPSA) is 210 Å². The minimum atomic E-state index is -1.48. The Morgan fingerprint density at radius 3 is 0.917 bits per heavy atom. The molecule has 0 spiro atoms. The molecule has 3 rings (SSSR count). The third-order valence-electron chi connectivity index (χ3n) is 11.0. The average molecular weight is 677 g/mol. The minimum Gasteiger partial charge on any atom is -0.549 e. The number of aliphatic carboxylic acids is 5. The molecule has 0 aromatic carbocycles. The Labute approximate surface area is 284 Å². The van der Waals surface area contributed by atoms with Gasteiger partial charge in [0, 0.05) is 45.3 Å². The van der Waals surface area contributed by atoms with Gasteiger partial charge in [-0.05, 0) is 37.0 Å². The van der Waals surface area contributed by atoms with Gasteiger partial charge in [-0.2, -0.15) is 0 Å². The normalized spacial score (nSPS) is 20.5. The molecule has 13 nitrogen and oxygen atoms in total. The first-order chi connectivity index (χ1) is 22.9. The Morgan fingerprint density at radius 1 is 0.417 bits per heavy atom. The van der Waals surface area contributed by atoms with E-state index in [0.717, 1.165) is 96.3 Å². The molecule has 0 aromatic heterocycles. The zero-order chi connectivity index (χ0) is 35.1. The second-order valence-electron chi connectivity index (χ2n) is 14.4. The van der Waals surface area contributed by atoms with E-state index in [1.165, 1.54) is 9.80 Å². The first kappa shape index (κ1) is 39.7. The summed E-state index contributed by atoms with van der Waals surface area (Å²) in [5.41, 5.74) is 0. The summed E-state index contributed by atoms with van der Waals surface area (Å²) in [5.74, 6) is -6.84. The van der Waals surface area contributed by atoms with Crippen molar-refractivity contribution in [2.45, 2.75) is 134 Å². The maximum absolute atomic E-state index is 12.7. The van der Waals surface area contributed by atoms with Gasteiger partial charge < -0.3 is 49.5 Å². The molecule has 0 heterocycles. The first-order valence-electron chi connectivity index (χ1n) is 18.2. The third kappa shape index (κ3) is 13.6. The third-order valence-corrected chi connectivity index (χ3v) is 11.0. The van der Waals surface area contributed by atoms with E-state index in [0.29, 0.717) is 0 Å². The standard InChI is InChI=1S/C35H59N3O10/c39-31(40)23-37(29(34(45)46)21-26-12-6-2-7-13-26)18-16-36(28(33(43)44)20-25-10-4-1-5-11-25)17-19-38(24-32(41)42)30(35(47)48)22-27-14-8-3-9-15-27/h25-30H,1-24H2,(H,39,40)(H,41,42)(H,43,44)(H,45,46)(H,47,48)/p-5/t28-,29-,30-/m0/s1. The Morgan fingerprint density at radius 2 is 0.667 bits per heavy atom. The molecule has 0 aromatic rings. The average Bonchev–Trinajstić information content (AvgIpc) is 3.05. The summed E-state index contributed by atoms with van der Waals surface area (Å²) in [5, 5.41) is 60.9. The molecule has 0 saturated heterocycles. The van der Waals surface area contributed by atoms with Gasteiger partial charge in [-0.25, -0.2) is 0 Å². The molecule has 3 saturated carbocycles. The van der Waals surface area contributed by atoms with Crippen LogP contribution in [0, 0.1) is 17.8 Å². The molecule has 274 valence electrons. The molecule has 0 aliphatic heterocycles. The SMILES string of the molecule is O=C([O-])CN(CCN(CCN(CC(=O)[O-])[C@@H](CC1CCCCC1)C(=O)[O-])[C@@H](CC1CCCCC1)C(=O)[O-])[C@@H](CC1CCCCC1)C(=O)[O-]. The molecule has 0 amide bonds. The van der Waals surface area contributed by atoms with E-state index in [1.54, 1.807) is 4.90 Å². The highest BCUT2D eigenvalue weighted by Gasteiger charge is 2.31. The van der Waals surface area contributed by atoms with Gasteiger partial charge in [-0.3, -0.25) is 14.7 Å². The maximum atomic E-state index is 12.7. The molecule has 3 atom stereocenters. The van der Waals surface area contributed by atoms with Crippen molar-refractivity contribution in [3.05, 3.63) is 0 Å². The molecule has 3 aliphatic carbocycles. The molecule has 0 unspecified atom stereocenters. The summed E-state index contributed by atoms with van der Waals surface area (Å²) in [4.78, 5) is 65.0. The lowest BCUT2D eigenvalue weighted by atomic mass is 9.84. The number of carbonyl (C=O) groups excluding carboxylic acids is 5. The Bertz CT molecular complexity index is 978. The van der Waals surface area contributed by atoms with Gasteiger partial charge >= 0.3 is 0 Å². The fraction of sp³-hybridized carbons (Fsp3) is 0.857. The van der Waals surface area contributed by atoms with Crippen LogP contribution in [0.5, 0.6) is 0 Å². The van der Waals surface area contributed by atoms with Gasteiger partial charge in [-0.1, -0.05) is 96.3 Å². The van der Waals surface area contributed by atoms with Crippen molar-refractivity contribution in [1.29, 1.82) is 0 Å². The second kappa shape index (κ2) is 20.7. The Hall–Kier alpha value is -2.77. The number of carbonyl (C=O) groups is 5. The number of rotatable bonds is 22. The summed E-state index contributed by atoms with van der Waals surface area (Å²) in [6.07, 6.45) is 14.6. The van der Waals surface area contributed by atoms with Crippen molar-refractivity contribution >= 4 is 29.8 Å². The van der Waals surface area contributed by atoms with Crippen molar-refractivity contribution in [3.8, 4) is 0 Å². The Balaban J connectivity index is 1.85. The van der Waals surface area contributed by atoms with Crippen LogP contribution < -0.4 is 25.5 Å². The van der Waals surface area contributed by atoms with Crippen LogP contribution in [0.3, 0.4) is 0 Å². The number of nitrogens with zero attached hydrogens (tertiary/aromatic N) is 3. The van der Waals surface area contributed by atoms with Gasteiger partial charge in [0.25, 0.3) is 0 Å². The summed E-state index contributed by atoms with van der Waals surface area (Å²) in [7, 11) is 0. The predicted octanol–water partition coefficient (Wildman–Crippen LogP) is -2.34. The molecule has 3 aliphatic rings.